The Kier molecular flexibility index (Phi) is 3.22. The minimum atomic E-state index is -0.00959. The molecule has 5 rings (SSSR count). The van der Waals surface area contributed by atoms with E-state index in [0.29, 0.717) is 11.4 Å². The van der Waals surface area contributed by atoms with Crippen molar-refractivity contribution in [2.75, 3.05) is 13.8 Å². The second kappa shape index (κ2) is 5.47. The highest BCUT2D eigenvalue weighted by Gasteiger charge is 2.19. The predicted octanol–water partition coefficient (Wildman–Crippen LogP) is 3.61. The molecular weight excluding hydrogens is 358 g/mol. The number of hydrogen-bond acceptors (Lipinski definition) is 6. The van der Waals surface area contributed by atoms with Crippen molar-refractivity contribution >= 4 is 43.9 Å². The molecule has 1 aliphatic rings. The van der Waals surface area contributed by atoms with Crippen molar-refractivity contribution in [3.05, 3.63) is 46.3 Å². The molecule has 1 amide bonds. The van der Waals surface area contributed by atoms with E-state index in [0.717, 1.165) is 32.4 Å². The van der Waals surface area contributed by atoms with Gasteiger partial charge in [0.2, 0.25) is 6.79 Å². The van der Waals surface area contributed by atoms with Crippen LogP contribution in [0.5, 0.6) is 11.5 Å². The Morgan fingerprint density at radius 3 is 3.12 bits per heavy atom. The van der Waals surface area contributed by atoms with Gasteiger partial charge in [-0.25, -0.2) is 4.98 Å². The number of rotatable bonds is 3. The quantitative estimate of drug-likeness (QED) is 0.552. The fourth-order valence-corrected chi connectivity index (χ4v) is 4.72. The van der Waals surface area contributed by atoms with E-state index < -0.39 is 0 Å². The Labute approximate surface area is 150 Å². The van der Waals surface area contributed by atoms with Crippen LogP contribution in [-0.4, -0.2) is 34.0 Å². The number of carbonyl (C=O) groups is 1. The highest BCUT2D eigenvalue weighted by atomic mass is 32.1. The zero-order valence-corrected chi connectivity index (χ0v) is 14.9. The van der Waals surface area contributed by atoms with Crippen LogP contribution in [0.4, 0.5) is 0 Å². The highest BCUT2D eigenvalue weighted by Crippen LogP contribution is 2.33. The number of imidazole rings is 1. The summed E-state index contributed by atoms with van der Waals surface area (Å²) in [6.45, 7) is 0.756. The largest absolute Gasteiger partial charge is 0.454 e. The molecule has 0 saturated carbocycles. The van der Waals surface area contributed by atoms with Gasteiger partial charge in [-0.05, 0) is 23.8 Å². The molecular formula is C17H13N3O3S2. The number of amides is 1. The summed E-state index contributed by atoms with van der Waals surface area (Å²) in [4.78, 5) is 21.6. The molecule has 1 aliphatic heterocycles. The normalized spacial score (nSPS) is 13.0. The van der Waals surface area contributed by atoms with Gasteiger partial charge >= 0.3 is 0 Å². The zero-order chi connectivity index (χ0) is 17.0. The first-order chi connectivity index (χ1) is 12.2. The first-order valence-electron chi connectivity index (χ1n) is 7.68. The molecule has 0 spiro atoms. The molecule has 0 radical (unpaired) electrons. The fraction of sp³-hybridized carbons (Fsp3) is 0.176. The number of ether oxygens (including phenoxy) is 2. The summed E-state index contributed by atoms with van der Waals surface area (Å²) < 4.78 is 12.7. The van der Waals surface area contributed by atoms with Crippen molar-refractivity contribution in [1.29, 1.82) is 0 Å². The minimum Gasteiger partial charge on any atom is -0.454 e. The smallest absolute Gasteiger partial charge is 0.264 e. The summed E-state index contributed by atoms with van der Waals surface area (Å²) >= 11 is 3.02. The van der Waals surface area contributed by atoms with Crippen LogP contribution >= 0.6 is 22.7 Å². The van der Waals surface area contributed by atoms with Gasteiger partial charge in [0.1, 0.15) is 4.83 Å². The second-order valence-electron chi connectivity index (χ2n) is 5.82. The minimum absolute atomic E-state index is 0.00959. The number of nitrogens with zero attached hydrogens (tertiary/aromatic N) is 3. The van der Waals surface area contributed by atoms with E-state index >= 15 is 0 Å². The molecule has 6 nitrogen and oxygen atoms in total. The Hall–Kier alpha value is -2.58. The van der Waals surface area contributed by atoms with E-state index in [4.69, 9.17) is 9.47 Å². The Morgan fingerprint density at radius 1 is 1.32 bits per heavy atom. The molecule has 0 aliphatic carbocycles. The van der Waals surface area contributed by atoms with Gasteiger partial charge in [-0.1, -0.05) is 6.07 Å². The van der Waals surface area contributed by atoms with Crippen molar-refractivity contribution in [3.63, 3.8) is 0 Å². The summed E-state index contributed by atoms with van der Waals surface area (Å²) in [5, 5.41) is 1.99. The molecule has 8 heteroatoms. The molecule has 0 atom stereocenters. The average Bonchev–Trinajstić information content (AvgIpc) is 3.34. The molecule has 3 aromatic heterocycles. The molecule has 4 heterocycles. The van der Waals surface area contributed by atoms with E-state index in [9.17, 15) is 4.79 Å². The number of benzene rings is 1. The molecule has 1 aromatic carbocycles. The van der Waals surface area contributed by atoms with Gasteiger partial charge < -0.3 is 14.4 Å². The monoisotopic (exact) mass is 371 g/mol. The van der Waals surface area contributed by atoms with Gasteiger partial charge in [-0.15, -0.1) is 22.7 Å². The Bertz CT molecular complexity index is 1110. The Balaban J connectivity index is 1.40. The lowest BCUT2D eigenvalue weighted by Gasteiger charge is -2.16. The fourth-order valence-electron chi connectivity index (χ4n) is 2.93. The number of hydrogen-bond donors (Lipinski definition) is 0. The van der Waals surface area contributed by atoms with Gasteiger partial charge in [0.25, 0.3) is 5.91 Å². The van der Waals surface area contributed by atoms with Crippen molar-refractivity contribution in [1.82, 2.24) is 14.3 Å². The number of carbonyl (C=O) groups excluding carboxylic acids is 1. The topological polar surface area (TPSA) is 56.1 Å². The van der Waals surface area contributed by atoms with Crippen LogP contribution in [0.3, 0.4) is 0 Å². The summed E-state index contributed by atoms with van der Waals surface area (Å²) in [6, 6.07) is 7.67. The van der Waals surface area contributed by atoms with Crippen LogP contribution in [0.25, 0.3) is 15.3 Å². The van der Waals surface area contributed by atoms with Crippen LogP contribution in [0.1, 0.15) is 15.2 Å². The summed E-state index contributed by atoms with van der Waals surface area (Å²) in [7, 11) is 1.80. The number of fused-ring (bicyclic) bond motifs is 4. The van der Waals surface area contributed by atoms with Gasteiger partial charge in [0.05, 0.1) is 10.4 Å². The molecule has 126 valence electrons. The maximum atomic E-state index is 12.8. The number of aromatic nitrogens is 2. The molecule has 0 N–H and O–H groups in total. The third-order valence-corrected chi connectivity index (χ3v) is 5.92. The number of thiazole rings is 1. The zero-order valence-electron chi connectivity index (χ0n) is 13.3. The van der Waals surface area contributed by atoms with Crippen molar-refractivity contribution in [2.24, 2.45) is 0 Å². The van der Waals surface area contributed by atoms with Crippen molar-refractivity contribution in [3.8, 4) is 11.5 Å². The van der Waals surface area contributed by atoms with Crippen LogP contribution in [0.15, 0.2) is 35.8 Å². The van der Waals surface area contributed by atoms with Crippen molar-refractivity contribution < 1.29 is 14.3 Å². The lowest BCUT2D eigenvalue weighted by molar-refractivity contribution is 0.0790. The molecule has 0 unspecified atom stereocenters. The second-order valence-corrected chi connectivity index (χ2v) is 7.72. The molecule has 0 saturated heterocycles. The number of thiophene rings is 1. The van der Waals surface area contributed by atoms with Gasteiger partial charge in [-0.2, -0.15) is 0 Å². The van der Waals surface area contributed by atoms with E-state index in [2.05, 4.69) is 4.98 Å². The first kappa shape index (κ1) is 14.7. The van der Waals surface area contributed by atoms with Gasteiger partial charge in [-0.3, -0.25) is 9.20 Å². The first-order valence-corrected chi connectivity index (χ1v) is 9.38. The summed E-state index contributed by atoms with van der Waals surface area (Å²) in [5.74, 6) is 1.47. The van der Waals surface area contributed by atoms with Crippen LogP contribution in [-0.2, 0) is 6.54 Å². The van der Waals surface area contributed by atoms with E-state index in [-0.39, 0.29) is 12.7 Å². The maximum Gasteiger partial charge on any atom is 0.264 e. The molecule has 4 aromatic rings. The highest BCUT2D eigenvalue weighted by molar-refractivity contribution is 7.21. The predicted molar refractivity (Wildman–Crippen MR) is 96.8 cm³/mol. The van der Waals surface area contributed by atoms with E-state index in [1.807, 2.05) is 40.2 Å². The summed E-state index contributed by atoms with van der Waals surface area (Å²) in [6.07, 6.45) is 1.98. The van der Waals surface area contributed by atoms with Crippen molar-refractivity contribution in [2.45, 2.75) is 6.54 Å². The lowest BCUT2D eigenvalue weighted by Crippen LogP contribution is -2.25. The van der Waals surface area contributed by atoms with E-state index in [1.54, 1.807) is 23.3 Å². The third kappa shape index (κ3) is 2.37. The molecule has 25 heavy (non-hydrogen) atoms. The Morgan fingerprint density at radius 2 is 2.20 bits per heavy atom. The molecule has 0 fully saturated rings. The van der Waals surface area contributed by atoms with Crippen LogP contribution in [0, 0.1) is 0 Å². The standard InChI is InChI=1S/C17H13N3O3S2/c1-19(8-10-2-3-12-13(6-10)23-9-22-12)16(21)14-7-11-15(25-14)18-17-20(11)4-5-24-17/h2-7H,8-9H2,1H3. The van der Waals surface area contributed by atoms with Crippen LogP contribution < -0.4 is 9.47 Å². The van der Waals surface area contributed by atoms with E-state index in [1.165, 1.54) is 11.3 Å². The maximum absolute atomic E-state index is 12.8. The van der Waals surface area contributed by atoms with Gasteiger partial charge in [0, 0.05) is 25.2 Å². The summed E-state index contributed by atoms with van der Waals surface area (Å²) in [5.41, 5.74) is 1.99. The SMILES string of the molecule is CN(Cc1ccc2c(c1)OCO2)C(=O)c1cc2c(nc3sccn32)s1. The average molecular weight is 371 g/mol. The van der Waals surface area contributed by atoms with Crippen LogP contribution in [0.2, 0.25) is 0 Å². The molecule has 0 bridgehead atoms. The van der Waals surface area contributed by atoms with Gasteiger partial charge in [0.15, 0.2) is 16.5 Å². The third-order valence-electron chi connectivity index (χ3n) is 4.15. The lowest BCUT2D eigenvalue weighted by atomic mass is 10.2.